The molecular weight excluding hydrogens is 567 g/mol. The molecule has 0 atom stereocenters. The summed E-state index contributed by atoms with van der Waals surface area (Å²) < 4.78 is 8.18. The largest absolute Gasteiger partial charge is 0.481 e. The molecule has 0 amide bonds. The van der Waals surface area contributed by atoms with E-state index in [2.05, 4.69) is 26.7 Å². The van der Waals surface area contributed by atoms with Gasteiger partial charge in [0.05, 0.1) is 15.8 Å². The number of aryl methyl sites for hydroxylation is 1. The van der Waals surface area contributed by atoms with E-state index in [9.17, 15) is 14.7 Å². The first-order valence-electron chi connectivity index (χ1n) is 13.8. The lowest BCUT2D eigenvalue weighted by atomic mass is 9.83. The van der Waals surface area contributed by atoms with Crippen molar-refractivity contribution in [3.05, 3.63) is 81.2 Å². The Balaban J connectivity index is 1.67. The van der Waals surface area contributed by atoms with E-state index >= 15 is 0 Å². The lowest BCUT2D eigenvalue weighted by Gasteiger charge is -2.23. The molecule has 0 fully saturated rings. The summed E-state index contributed by atoms with van der Waals surface area (Å²) in [5.41, 5.74) is 2.88. The van der Waals surface area contributed by atoms with Gasteiger partial charge in [0.15, 0.2) is 5.78 Å². The van der Waals surface area contributed by atoms with Crippen molar-refractivity contribution in [3.8, 4) is 22.2 Å². The highest BCUT2D eigenvalue weighted by molar-refractivity contribution is 7.13. The average molecular weight is 602 g/mol. The fourth-order valence-electron chi connectivity index (χ4n) is 5.00. The Labute approximate surface area is 253 Å². The summed E-state index contributed by atoms with van der Waals surface area (Å²) in [5.74, 6) is 0.158. The molecule has 7 nitrogen and oxygen atoms in total. The highest BCUT2D eigenvalue weighted by Gasteiger charge is 2.34. The molecule has 9 heteroatoms. The van der Waals surface area contributed by atoms with E-state index in [1.54, 1.807) is 31.4 Å². The zero-order valence-corrected chi connectivity index (χ0v) is 26.4. The summed E-state index contributed by atoms with van der Waals surface area (Å²) in [7, 11) is 0. The number of ketones is 1. The molecule has 0 saturated carbocycles. The number of hydrogen-bond acceptors (Lipinski definition) is 7. The van der Waals surface area contributed by atoms with Crippen LogP contribution in [0.1, 0.15) is 67.7 Å². The molecule has 5 aromatic rings. The zero-order chi connectivity index (χ0) is 30.2. The molecule has 0 unspecified atom stereocenters. The minimum absolute atomic E-state index is 0.0109. The zero-order valence-electron chi connectivity index (χ0n) is 24.7. The van der Waals surface area contributed by atoms with Crippen molar-refractivity contribution < 1.29 is 19.4 Å². The van der Waals surface area contributed by atoms with E-state index in [0.29, 0.717) is 30.2 Å². The van der Waals surface area contributed by atoms with Crippen LogP contribution in [0.2, 0.25) is 0 Å². The number of carboxylic acid groups (broad SMARTS) is 1. The monoisotopic (exact) mass is 601 g/mol. The van der Waals surface area contributed by atoms with Gasteiger partial charge in [-0.05, 0) is 49.9 Å². The lowest BCUT2D eigenvalue weighted by Crippen LogP contribution is -2.28. The fourth-order valence-corrected chi connectivity index (χ4v) is 6.16. The molecule has 0 aliphatic rings. The van der Waals surface area contributed by atoms with E-state index in [0.717, 1.165) is 37.7 Å². The molecule has 0 bridgehead atoms. The first kappa shape index (κ1) is 29.7. The van der Waals surface area contributed by atoms with Crippen molar-refractivity contribution in [3.63, 3.8) is 0 Å². The smallest absolute Gasteiger partial charge is 0.309 e. The number of rotatable bonds is 10. The van der Waals surface area contributed by atoms with Crippen molar-refractivity contribution in [1.29, 1.82) is 0 Å². The molecule has 1 N–H and O–H groups in total. The SMILES string of the molecule is Cc1nc(Oc2ccc3c(c2)c(C(=O)CC(C)(C)C)c(CC(C)(C)C(=O)O)n3Cc2ccc(-c3nccs3)cc2)cs1. The predicted octanol–water partition coefficient (Wildman–Crippen LogP) is 8.64. The van der Waals surface area contributed by atoms with E-state index in [1.807, 2.05) is 68.8 Å². The number of carbonyl (C=O) groups is 2. The number of benzene rings is 2. The van der Waals surface area contributed by atoms with Crippen molar-refractivity contribution in [2.45, 2.75) is 60.9 Å². The topological polar surface area (TPSA) is 94.3 Å². The van der Waals surface area contributed by atoms with Gasteiger partial charge in [0.2, 0.25) is 5.88 Å². The van der Waals surface area contributed by atoms with Crippen LogP contribution >= 0.6 is 22.7 Å². The van der Waals surface area contributed by atoms with Gasteiger partial charge in [-0.3, -0.25) is 9.59 Å². The molecule has 3 heterocycles. The molecule has 42 heavy (non-hydrogen) atoms. The highest BCUT2D eigenvalue weighted by atomic mass is 32.1. The summed E-state index contributed by atoms with van der Waals surface area (Å²) >= 11 is 3.09. The number of fused-ring (bicyclic) bond motifs is 1. The molecule has 3 aromatic heterocycles. The predicted molar refractivity (Wildman–Crippen MR) is 169 cm³/mol. The van der Waals surface area contributed by atoms with Gasteiger partial charge >= 0.3 is 5.97 Å². The minimum Gasteiger partial charge on any atom is -0.481 e. The number of aliphatic carboxylic acids is 1. The van der Waals surface area contributed by atoms with Crippen molar-refractivity contribution in [1.82, 2.24) is 14.5 Å². The second-order valence-electron chi connectivity index (χ2n) is 12.5. The first-order valence-corrected chi connectivity index (χ1v) is 15.6. The second-order valence-corrected chi connectivity index (χ2v) is 14.4. The molecule has 0 saturated heterocycles. The number of carboxylic acids is 1. The maximum Gasteiger partial charge on any atom is 0.309 e. The summed E-state index contributed by atoms with van der Waals surface area (Å²) in [4.78, 5) is 35.2. The third kappa shape index (κ3) is 6.47. The number of carbonyl (C=O) groups excluding carboxylic acids is 1. The number of hydrogen-bond donors (Lipinski definition) is 1. The number of nitrogens with zero attached hydrogens (tertiary/aromatic N) is 3. The van der Waals surface area contributed by atoms with Crippen LogP contribution < -0.4 is 4.74 Å². The third-order valence-corrected chi connectivity index (χ3v) is 8.67. The third-order valence-electron chi connectivity index (χ3n) is 7.09. The summed E-state index contributed by atoms with van der Waals surface area (Å²) in [6.07, 6.45) is 2.31. The van der Waals surface area contributed by atoms with Crippen LogP contribution in [0.15, 0.2) is 59.4 Å². The summed E-state index contributed by atoms with van der Waals surface area (Å²) in [6.45, 7) is 11.9. The number of ether oxygens (including phenoxy) is 1. The maximum atomic E-state index is 14.0. The molecule has 0 spiro atoms. The Morgan fingerprint density at radius 3 is 2.36 bits per heavy atom. The number of thiazole rings is 2. The molecular formula is C33H35N3O4S2. The number of aromatic nitrogens is 3. The van der Waals surface area contributed by atoms with Gasteiger partial charge in [0.25, 0.3) is 0 Å². The second kappa shape index (κ2) is 11.5. The van der Waals surface area contributed by atoms with Gasteiger partial charge in [-0.2, -0.15) is 0 Å². The number of Topliss-reactive ketones (excluding diaryl/α,β-unsaturated/α-hetero) is 1. The molecule has 0 radical (unpaired) electrons. The van der Waals surface area contributed by atoms with Crippen LogP contribution in [0.3, 0.4) is 0 Å². The van der Waals surface area contributed by atoms with Gasteiger partial charge in [-0.15, -0.1) is 22.7 Å². The van der Waals surface area contributed by atoms with Crippen LogP contribution in [0.5, 0.6) is 11.6 Å². The quantitative estimate of drug-likeness (QED) is 0.161. The first-order chi connectivity index (χ1) is 19.8. The molecule has 2 aromatic carbocycles. The van der Waals surface area contributed by atoms with Gasteiger partial charge in [0.1, 0.15) is 10.8 Å². The van der Waals surface area contributed by atoms with Gasteiger partial charge in [-0.1, -0.05) is 45.0 Å². The van der Waals surface area contributed by atoms with Crippen LogP contribution in [0, 0.1) is 17.8 Å². The fraction of sp³-hybridized carbons (Fsp3) is 0.333. The highest BCUT2D eigenvalue weighted by Crippen LogP contribution is 2.38. The molecule has 5 rings (SSSR count). The Hall–Kier alpha value is -3.82. The van der Waals surface area contributed by atoms with Gasteiger partial charge < -0.3 is 14.4 Å². The van der Waals surface area contributed by atoms with E-state index in [4.69, 9.17) is 4.74 Å². The van der Waals surface area contributed by atoms with Crippen molar-refractivity contribution in [2.75, 3.05) is 0 Å². The van der Waals surface area contributed by atoms with Crippen LogP contribution in [-0.4, -0.2) is 31.4 Å². The van der Waals surface area contributed by atoms with Gasteiger partial charge in [0, 0.05) is 58.7 Å². The van der Waals surface area contributed by atoms with E-state index < -0.39 is 11.4 Å². The lowest BCUT2D eigenvalue weighted by molar-refractivity contribution is -0.146. The maximum absolute atomic E-state index is 14.0. The minimum atomic E-state index is -1.09. The molecule has 0 aliphatic heterocycles. The Bertz CT molecular complexity index is 1740. The Morgan fingerprint density at radius 1 is 1.02 bits per heavy atom. The molecule has 218 valence electrons. The molecule has 0 aliphatic carbocycles. The summed E-state index contributed by atoms with van der Waals surface area (Å²) in [5, 5.41) is 16.5. The van der Waals surface area contributed by atoms with E-state index in [-0.39, 0.29) is 17.6 Å². The Morgan fingerprint density at radius 2 is 1.76 bits per heavy atom. The van der Waals surface area contributed by atoms with E-state index in [1.165, 1.54) is 11.3 Å². The average Bonchev–Trinajstić information content (AvgIpc) is 3.64. The van der Waals surface area contributed by atoms with Gasteiger partial charge in [-0.25, -0.2) is 9.97 Å². The standard InChI is InChI=1S/C33H35N3O4S2/c1-20-35-28(19-42-20)40-23-11-12-25-24(15-23)29(27(37)17-32(2,3)4)26(16-33(5,6)31(38)39)36(25)18-21-7-9-22(10-8-21)30-34-13-14-41-30/h7-15,19H,16-18H2,1-6H3,(H,38,39). The van der Waals surface area contributed by atoms with Crippen LogP contribution in [0.4, 0.5) is 0 Å². The summed E-state index contributed by atoms with van der Waals surface area (Å²) in [6, 6.07) is 13.9. The van der Waals surface area contributed by atoms with Crippen LogP contribution in [0.25, 0.3) is 21.5 Å². The van der Waals surface area contributed by atoms with Crippen molar-refractivity contribution in [2.24, 2.45) is 10.8 Å². The Kier molecular flexibility index (Phi) is 8.09. The van der Waals surface area contributed by atoms with Crippen molar-refractivity contribution >= 4 is 45.3 Å². The normalized spacial score (nSPS) is 12.1. The van der Waals surface area contributed by atoms with Crippen LogP contribution in [-0.2, 0) is 17.8 Å².